The van der Waals surface area contributed by atoms with Crippen molar-refractivity contribution in [2.75, 3.05) is 6.54 Å². The van der Waals surface area contributed by atoms with E-state index in [0.29, 0.717) is 22.9 Å². The van der Waals surface area contributed by atoms with Gasteiger partial charge in [0.25, 0.3) is 11.8 Å². The van der Waals surface area contributed by atoms with E-state index < -0.39 is 0 Å². The Hall–Kier alpha value is -3.10. The first-order valence-electron chi connectivity index (χ1n) is 9.86. The molecule has 0 spiro atoms. The van der Waals surface area contributed by atoms with Crippen LogP contribution in [0.2, 0.25) is 0 Å². The van der Waals surface area contributed by atoms with E-state index in [1.165, 1.54) is 9.70 Å². The zero-order valence-corrected chi connectivity index (χ0v) is 17.0. The van der Waals surface area contributed by atoms with Crippen LogP contribution in [0.5, 0.6) is 0 Å². The third-order valence-corrected chi connectivity index (χ3v) is 4.80. The van der Waals surface area contributed by atoms with Gasteiger partial charge in [-0.3, -0.25) is 19.3 Å². The predicted molar refractivity (Wildman–Crippen MR) is 105 cm³/mol. The minimum absolute atomic E-state index is 0.0218. The lowest BCUT2D eigenvalue weighted by Gasteiger charge is -2.14. The number of rotatable bonds is 9. The molecule has 0 aliphatic carbocycles. The van der Waals surface area contributed by atoms with Crippen LogP contribution in [0.3, 0.4) is 0 Å². The summed E-state index contributed by atoms with van der Waals surface area (Å²) in [5, 5.41) is 14.9. The van der Waals surface area contributed by atoms with Crippen LogP contribution in [-0.4, -0.2) is 55.4 Å². The summed E-state index contributed by atoms with van der Waals surface area (Å²) < 4.78 is 0. The number of hydrogen-bond donors (Lipinski definition) is 1. The number of amides is 3. The van der Waals surface area contributed by atoms with Crippen molar-refractivity contribution >= 4 is 17.7 Å². The van der Waals surface area contributed by atoms with E-state index in [9.17, 15) is 14.4 Å². The monoisotopic (exact) mass is 398 g/mol. The van der Waals surface area contributed by atoms with E-state index in [-0.39, 0.29) is 43.3 Å². The molecule has 0 unspecified atom stereocenters. The van der Waals surface area contributed by atoms with Gasteiger partial charge < -0.3 is 5.32 Å². The third kappa shape index (κ3) is 5.04. The van der Waals surface area contributed by atoms with Gasteiger partial charge in [0, 0.05) is 19.0 Å². The van der Waals surface area contributed by atoms with Crippen LogP contribution >= 0.6 is 0 Å². The highest BCUT2D eigenvalue weighted by atomic mass is 16.2. The lowest BCUT2D eigenvalue weighted by Crippen LogP contribution is -2.35. The van der Waals surface area contributed by atoms with Crippen molar-refractivity contribution in [3.8, 4) is 0 Å². The number of carbonyl (C=O) groups is 3. The number of imide groups is 1. The molecule has 1 aromatic carbocycles. The van der Waals surface area contributed by atoms with Gasteiger partial charge in [-0.1, -0.05) is 26.0 Å². The van der Waals surface area contributed by atoms with Crippen LogP contribution in [-0.2, 0) is 17.8 Å². The smallest absolute Gasteiger partial charge is 0.261 e. The lowest BCUT2D eigenvalue weighted by molar-refractivity contribution is -0.122. The molecule has 0 saturated carbocycles. The van der Waals surface area contributed by atoms with E-state index in [2.05, 4.69) is 34.6 Å². The van der Waals surface area contributed by atoms with Crippen molar-refractivity contribution in [1.29, 1.82) is 0 Å². The van der Waals surface area contributed by atoms with Crippen LogP contribution in [0.25, 0.3) is 0 Å². The summed E-state index contributed by atoms with van der Waals surface area (Å²) in [4.78, 5) is 39.3. The van der Waals surface area contributed by atoms with Gasteiger partial charge in [-0.15, -0.1) is 10.2 Å². The number of aromatic nitrogens is 4. The average molecular weight is 398 g/mol. The number of carbonyl (C=O) groups excluding carboxylic acids is 3. The maximum absolute atomic E-state index is 12.4. The van der Waals surface area contributed by atoms with Gasteiger partial charge in [0.1, 0.15) is 6.54 Å². The molecule has 3 amide bonds. The van der Waals surface area contributed by atoms with Gasteiger partial charge in [0.05, 0.1) is 11.1 Å². The van der Waals surface area contributed by atoms with Crippen molar-refractivity contribution < 1.29 is 14.4 Å². The first-order valence-corrected chi connectivity index (χ1v) is 9.86. The minimum Gasteiger partial charge on any atom is -0.352 e. The maximum Gasteiger partial charge on any atom is 0.261 e. The van der Waals surface area contributed by atoms with E-state index in [1.54, 1.807) is 24.3 Å². The summed E-state index contributed by atoms with van der Waals surface area (Å²) in [6.07, 6.45) is 2.24. The van der Waals surface area contributed by atoms with Crippen molar-refractivity contribution in [2.24, 2.45) is 5.92 Å². The average Bonchev–Trinajstić information content (AvgIpc) is 3.22. The van der Waals surface area contributed by atoms with Crippen molar-refractivity contribution in [2.45, 2.75) is 52.6 Å². The van der Waals surface area contributed by atoms with Crippen LogP contribution in [0.4, 0.5) is 0 Å². The first-order chi connectivity index (χ1) is 13.8. The molecule has 3 rings (SSSR count). The molecular weight excluding hydrogens is 372 g/mol. The van der Waals surface area contributed by atoms with Crippen LogP contribution in [0.15, 0.2) is 24.3 Å². The minimum atomic E-state index is -0.312. The molecule has 1 N–H and O–H groups in total. The molecule has 154 valence electrons. The molecule has 9 nitrogen and oxygen atoms in total. The molecule has 0 radical (unpaired) electrons. The van der Waals surface area contributed by atoms with Crippen molar-refractivity contribution in [1.82, 2.24) is 30.4 Å². The zero-order valence-electron chi connectivity index (χ0n) is 17.0. The normalized spacial score (nSPS) is 14.4. The molecule has 1 aliphatic rings. The number of nitrogens with one attached hydrogen (secondary N) is 1. The van der Waals surface area contributed by atoms with Gasteiger partial charge in [-0.2, -0.15) is 4.80 Å². The topological polar surface area (TPSA) is 110 Å². The van der Waals surface area contributed by atoms with E-state index in [1.807, 2.05) is 6.92 Å². The molecule has 9 heteroatoms. The lowest BCUT2D eigenvalue weighted by atomic mass is 10.0. The Morgan fingerprint density at radius 3 is 2.34 bits per heavy atom. The standard InChI is InChI=1S/C20H26N6O3/c1-13(2)8-9-14(3)21-18(27)12-26-23-17(22-24-26)10-11-25-19(28)15-6-4-5-7-16(15)20(25)29/h4-7,13-14H,8-12H2,1-3H3,(H,21,27)/t14-/m1/s1. The van der Waals surface area contributed by atoms with Crippen LogP contribution in [0, 0.1) is 5.92 Å². The molecule has 29 heavy (non-hydrogen) atoms. The summed E-state index contributed by atoms with van der Waals surface area (Å²) in [6, 6.07) is 6.84. The third-order valence-electron chi connectivity index (χ3n) is 4.80. The van der Waals surface area contributed by atoms with Gasteiger partial charge in [-0.05, 0) is 43.0 Å². The fourth-order valence-electron chi connectivity index (χ4n) is 3.20. The Bertz CT molecular complexity index is 872. The van der Waals surface area contributed by atoms with Crippen molar-refractivity contribution in [3.63, 3.8) is 0 Å². The zero-order chi connectivity index (χ0) is 21.0. The molecule has 2 heterocycles. The molecule has 1 aromatic heterocycles. The SMILES string of the molecule is CC(C)CC[C@@H](C)NC(=O)Cn1nnc(CCN2C(=O)c3ccccc3C2=O)n1. The number of nitrogens with zero attached hydrogens (tertiary/aromatic N) is 5. The Morgan fingerprint density at radius 2 is 1.72 bits per heavy atom. The van der Waals surface area contributed by atoms with Crippen LogP contribution in [0.1, 0.15) is 60.2 Å². The Labute approximate surface area is 169 Å². The van der Waals surface area contributed by atoms with Gasteiger partial charge >= 0.3 is 0 Å². The van der Waals surface area contributed by atoms with Gasteiger partial charge in [-0.25, -0.2) is 0 Å². The molecule has 0 bridgehead atoms. The van der Waals surface area contributed by atoms with E-state index >= 15 is 0 Å². The molecule has 1 aliphatic heterocycles. The highest BCUT2D eigenvalue weighted by Crippen LogP contribution is 2.22. The second-order valence-corrected chi connectivity index (χ2v) is 7.73. The largest absolute Gasteiger partial charge is 0.352 e. The Kier molecular flexibility index (Phi) is 6.36. The fourth-order valence-corrected chi connectivity index (χ4v) is 3.20. The fraction of sp³-hybridized carbons (Fsp3) is 0.500. The van der Waals surface area contributed by atoms with E-state index in [0.717, 1.165) is 12.8 Å². The first kappa shape index (κ1) is 20.6. The second kappa shape index (κ2) is 8.93. The summed E-state index contributed by atoms with van der Waals surface area (Å²) in [5.41, 5.74) is 0.828. The number of hydrogen-bond acceptors (Lipinski definition) is 6. The summed E-state index contributed by atoms with van der Waals surface area (Å²) in [6.45, 7) is 6.42. The molecule has 0 saturated heterocycles. The highest BCUT2D eigenvalue weighted by molar-refractivity contribution is 6.21. The number of benzene rings is 1. The van der Waals surface area contributed by atoms with Crippen LogP contribution < -0.4 is 5.32 Å². The molecule has 0 fully saturated rings. The molecule has 2 aromatic rings. The second-order valence-electron chi connectivity index (χ2n) is 7.73. The quantitative estimate of drug-likeness (QED) is 0.640. The summed E-state index contributed by atoms with van der Waals surface area (Å²) >= 11 is 0. The van der Waals surface area contributed by atoms with E-state index in [4.69, 9.17) is 0 Å². The van der Waals surface area contributed by atoms with Gasteiger partial charge in [0.15, 0.2) is 5.82 Å². The molecular formula is C20H26N6O3. The molecule has 1 atom stereocenters. The Balaban J connectivity index is 1.49. The Morgan fingerprint density at radius 1 is 1.07 bits per heavy atom. The van der Waals surface area contributed by atoms with Crippen molar-refractivity contribution in [3.05, 3.63) is 41.2 Å². The number of fused-ring (bicyclic) bond motifs is 1. The highest BCUT2D eigenvalue weighted by Gasteiger charge is 2.34. The van der Waals surface area contributed by atoms with Gasteiger partial charge in [0.2, 0.25) is 5.91 Å². The maximum atomic E-state index is 12.4. The summed E-state index contributed by atoms with van der Waals surface area (Å²) in [5.74, 6) is 0.171. The summed E-state index contributed by atoms with van der Waals surface area (Å²) in [7, 11) is 0. The predicted octanol–water partition coefficient (Wildman–Crippen LogP) is 1.45. The number of tetrazole rings is 1.